The molecule has 8 nitrogen and oxygen atoms in total. The number of aromatic nitrogens is 4. The molecule has 0 saturated carbocycles. The molecule has 0 aromatic carbocycles. The van der Waals surface area contributed by atoms with E-state index in [0.29, 0.717) is 32.6 Å². The molecule has 0 radical (unpaired) electrons. The summed E-state index contributed by atoms with van der Waals surface area (Å²) in [5, 5.41) is 10.6. The number of hydrogen-bond donors (Lipinski definition) is 1. The second-order valence-electron chi connectivity index (χ2n) is 6.44. The summed E-state index contributed by atoms with van der Waals surface area (Å²) in [7, 11) is 1.93. The van der Waals surface area contributed by atoms with Crippen molar-refractivity contribution in [1.82, 2.24) is 24.9 Å². The van der Waals surface area contributed by atoms with E-state index >= 15 is 0 Å². The van der Waals surface area contributed by atoms with Crippen molar-refractivity contribution in [2.24, 2.45) is 7.05 Å². The summed E-state index contributed by atoms with van der Waals surface area (Å²) in [6, 6.07) is 1.54. The number of H-pyrrole nitrogens is 1. The van der Waals surface area contributed by atoms with Crippen molar-refractivity contribution in [1.29, 1.82) is 0 Å². The van der Waals surface area contributed by atoms with E-state index in [1.165, 1.54) is 5.56 Å². The normalized spacial score (nSPS) is 14.8. The van der Waals surface area contributed by atoms with Crippen LogP contribution in [0.5, 0.6) is 0 Å². The number of aryl methyl sites for hydroxylation is 2. The Kier molecular flexibility index (Phi) is 4.87. The first-order chi connectivity index (χ1) is 12.0. The van der Waals surface area contributed by atoms with Crippen LogP contribution >= 0.6 is 0 Å². The van der Waals surface area contributed by atoms with E-state index in [9.17, 15) is 9.59 Å². The first-order valence-corrected chi connectivity index (χ1v) is 8.52. The number of carbonyl (C=O) groups is 1. The van der Waals surface area contributed by atoms with Crippen molar-refractivity contribution in [3.05, 3.63) is 39.6 Å². The van der Waals surface area contributed by atoms with Crippen molar-refractivity contribution >= 4 is 11.6 Å². The van der Waals surface area contributed by atoms with Crippen LogP contribution in [-0.4, -0.2) is 57.0 Å². The molecule has 2 aromatic rings. The van der Waals surface area contributed by atoms with Gasteiger partial charge in [0.25, 0.3) is 5.56 Å². The van der Waals surface area contributed by atoms with Gasteiger partial charge in [-0.05, 0) is 25.8 Å². The van der Waals surface area contributed by atoms with Crippen LogP contribution in [0.1, 0.15) is 23.4 Å². The van der Waals surface area contributed by atoms with Gasteiger partial charge >= 0.3 is 0 Å². The largest absolute Gasteiger partial charge is 0.367 e. The zero-order chi connectivity index (χ0) is 18.0. The Labute approximate surface area is 146 Å². The first kappa shape index (κ1) is 17.2. The van der Waals surface area contributed by atoms with Crippen LogP contribution in [0.3, 0.4) is 0 Å². The quantitative estimate of drug-likeness (QED) is 0.868. The third-order valence-electron chi connectivity index (χ3n) is 4.90. The molecule has 0 unspecified atom stereocenters. The van der Waals surface area contributed by atoms with Gasteiger partial charge in [-0.3, -0.25) is 14.3 Å². The van der Waals surface area contributed by atoms with E-state index in [1.54, 1.807) is 12.3 Å². The van der Waals surface area contributed by atoms with Gasteiger partial charge in [-0.15, -0.1) is 0 Å². The fourth-order valence-corrected chi connectivity index (χ4v) is 3.32. The lowest BCUT2D eigenvalue weighted by atomic mass is 10.1. The highest BCUT2D eigenvalue weighted by Crippen LogP contribution is 2.16. The Balaban J connectivity index is 1.54. The molecule has 1 N–H and O–H groups in total. The standard InChI is InChI=1S/C17H24N6O2/c1-12-15(13(2)21(3)20-12)4-5-17(25)23-8-6-22(7-9-23)14-10-16(24)19-18-11-14/h10-11H,4-9H2,1-3H3,(H,19,24). The van der Waals surface area contributed by atoms with E-state index in [0.717, 1.165) is 23.5 Å². The van der Waals surface area contributed by atoms with E-state index < -0.39 is 0 Å². The van der Waals surface area contributed by atoms with Crippen molar-refractivity contribution in [3.8, 4) is 0 Å². The monoisotopic (exact) mass is 344 g/mol. The van der Waals surface area contributed by atoms with Gasteiger partial charge in [0.05, 0.1) is 17.6 Å². The average Bonchev–Trinajstić information content (AvgIpc) is 2.85. The molecule has 1 saturated heterocycles. The van der Waals surface area contributed by atoms with Crippen molar-refractivity contribution in [2.75, 3.05) is 31.1 Å². The lowest BCUT2D eigenvalue weighted by Crippen LogP contribution is -2.49. The molecule has 3 heterocycles. The minimum atomic E-state index is -0.210. The number of nitrogens with one attached hydrogen (secondary N) is 1. The highest BCUT2D eigenvalue weighted by Gasteiger charge is 2.22. The SMILES string of the molecule is Cc1nn(C)c(C)c1CCC(=O)N1CCN(c2cn[nH]c(=O)c2)CC1. The van der Waals surface area contributed by atoms with E-state index in [4.69, 9.17) is 0 Å². The van der Waals surface area contributed by atoms with Crippen LogP contribution in [0.2, 0.25) is 0 Å². The number of hydrogen-bond acceptors (Lipinski definition) is 5. The highest BCUT2D eigenvalue weighted by atomic mass is 16.2. The number of amides is 1. The summed E-state index contributed by atoms with van der Waals surface area (Å²) in [5.74, 6) is 0.173. The zero-order valence-corrected chi connectivity index (χ0v) is 14.9. The van der Waals surface area contributed by atoms with Crippen LogP contribution in [0.15, 0.2) is 17.1 Å². The topological polar surface area (TPSA) is 87.1 Å². The summed E-state index contributed by atoms with van der Waals surface area (Å²) in [4.78, 5) is 27.9. The van der Waals surface area contributed by atoms with Crippen LogP contribution in [-0.2, 0) is 18.3 Å². The van der Waals surface area contributed by atoms with Gasteiger partial charge in [0.2, 0.25) is 5.91 Å². The maximum absolute atomic E-state index is 12.5. The molecule has 134 valence electrons. The number of aromatic amines is 1. The predicted molar refractivity (Wildman–Crippen MR) is 94.7 cm³/mol. The fraction of sp³-hybridized carbons (Fsp3) is 0.529. The lowest BCUT2D eigenvalue weighted by Gasteiger charge is -2.35. The molecule has 1 amide bonds. The third kappa shape index (κ3) is 3.72. The molecule has 1 aliphatic rings. The van der Waals surface area contributed by atoms with Crippen LogP contribution < -0.4 is 10.5 Å². The maximum Gasteiger partial charge on any atom is 0.266 e. The number of piperazine rings is 1. The summed E-state index contributed by atoms with van der Waals surface area (Å²) in [5.41, 5.74) is 3.89. The number of rotatable bonds is 4. The minimum absolute atomic E-state index is 0.173. The molecule has 0 atom stereocenters. The summed E-state index contributed by atoms with van der Waals surface area (Å²) >= 11 is 0. The molecule has 1 fully saturated rings. The Bertz CT molecular complexity index is 817. The Morgan fingerprint density at radius 3 is 2.56 bits per heavy atom. The van der Waals surface area contributed by atoms with E-state index in [1.807, 2.05) is 30.5 Å². The second kappa shape index (κ2) is 7.08. The minimum Gasteiger partial charge on any atom is -0.367 e. The van der Waals surface area contributed by atoms with Gasteiger partial charge in [0.1, 0.15) is 0 Å². The van der Waals surface area contributed by atoms with Gasteiger partial charge in [-0.25, -0.2) is 5.10 Å². The second-order valence-corrected chi connectivity index (χ2v) is 6.44. The molecular formula is C17H24N6O2. The molecule has 25 heavy (non-hydrogen) atoms. The van der Waals surface area contributed by atoms with Crippen molar-refractivity contribution in [2.45, 2.75) is 26.7 Å². The molecule has 0 bridgehead atoms. The Morgan fingerprint density at radius 1 is 1.24 bits per heavy atom. The average molecular weight is 344 g/mol. The Hall–Kier alpha value is -2.64. The zero-order valence-electron chi connectivity index (χ0n) is 14.9. The third-order valence-corrected chi connectivity index (χ3v) is 4.90. The van der Waals surface area contributed by atoms with E-state index in [2.05, 4.69) is 20.2 Å². The summed E-state index contributed by atoms with van der Waals surface area (Å²) in [6.07, 6.45) is 2.87. The number of nitrogens with zero attached hydrogens (tertiary/aromatic N) is 5. The highest BCUT2D eigenvalue weighted by molar-refractivity contribution is 5.77. The smallest absolute Gasteiger partial charge is 0.266 e. The van der Waals surface area contributed by atoms with Crippen LogP contribution in [0.25, 0.3) is 0 Å². The molecule has 2 aromatic heterocycles. The van der Waals surface area contributed by atoms with Crippen molar-refractivity contribution < 1.29 is 4.79 Å². The van der Waals surface area contributed by atoms with Gasteiger partial charge in [0.15, 0.2) is 0 Å². The molecule has 3 rings (SSSR count). The Morgan fingerprint density at radius 2 is 1.96 bits per heavy atom. The fourth-order valence-electron chi connectivity index (χ4n) is 3.32. The van der Waals surface area contributed by atoms with E-state index in [-0.39, 0.29) is 11.5 Å². The van der Waals surface area contributed by atoms with Gasteiger partial charge < -0.3 is 9.80 Å². The molecule has 0 spiro atoms. The summed E-state index contributed by atoms with van der Waals surface area (Å²) < 4.78 is 1.86. The van der Waals surface area contributed by atoms with Gasteiger partial charge in [-0.1, -0.05) is 0 Å². The lowest BCUT2D eigenvalue weighted by molar-refractivity contribution is -0.131. The predicted octanol–water partition coefficient (Wildman–Crippen LogP) is 0.402. The van der Waals surface area contributed by atoms with Crippen LogP contribution in [0.4, 0.5) is 5.69 Å². The van der Waals surface area contributed by atoms with Gasteiger partial charge in [-0.2, -0.15) is 10.2 Å². The summed E-state index contributed by atoms with van der Waals surface area (Å²) in [6.45, 7) is 6.77. The van der Waals surface area contributed by atoms with Crippen molar-refractivity contribution in [3.63, 3.8) is 0 Å². The number of carbonyl (C=O) groups excluding carboxylic acids is 1. The van der Waals surface area contributed by atoms with Crippen LogP contribution in [0, 0.1) is 13.8 Å². The first-order valence-electron chi connectivity index (χ1n) is 8.52. The molecular weight excluding hydrogens is 320 g/mol. The van der Waals surface area contributed by atoms with Gasteiger partial charge in [0, 0.05) is 51.4 Å². The number of anilines is 1. The molecule has 0 aliphatic carbocycles. The maximum atomic E-state index is 12.5. The molecule has 8 heteroatoms. The molecule has 1 aliphatic heterocycles.